The fourth-order valence-corrected chi connectivity index (χ4v) is 4.38. The van der Waals surface area contributed by atoms with Crippen molar-refractivity contribution < 1.29 is 9.53 Å². The summed E-state index contributed by atoms with van der Waals surface area (Å²) in [5, 5.41) is 0. The Morgan fingerprint density at radius 3 is 2.59 bits per heavy atom. The molecule has 0 unspecified atom stereocenters. The zero-order chi connectivity index (χ0) is 20.2. The number of anilines is 1. The molecule has 1 aromatic heterocycles. The van der Waals surface area contributed by atoms with Gasteiger partial charge >= 0.3 is 0 Å². The normalized spacial score (nSPS) is 20.5. The van der Waals surface area contributed by atoms with E-state index in [1.807, 2.05) is 23.1 Å². The van der Waals surface area contributed by atoms with Gasteiger partial charge in [-0.25, -0.2) is 0 Å². The molecule has 1 N–H and O–H groups in total. The largest absolute Gasteiger partial charge is 0.495 e. The highest BCUT2D eigenvalue weighted by molar-refractivity contribution is 5.93. The first kappa shape index (κ1) is 19.5. The Morgan fingerprint density at radius 1 is 1.07 bits per heavy atom. The number of carbonyl (C=O) groups is 1. The first-order valence-corrected chi connectivity index (χ1v) is 10.3. The van der Waals surface area contributed by atoms with Crippen molar-refractivity contribution in [2.75, 3.05) is 51.3 Å². The lowest BCUT2D eigenvalue weighted by Gasteiger charge is -2.44. The van der Waals surface area contributed by atoms with Crippen molar-refractivity contribution >= 4 is 11.6 Å². The third kappa shape index (κ3) is 4.29. The number of hydrogen-bond donors (Lipinski definition) is 1. The van der Waals surface area contributed by atoms with Crippen molar-refractivity contribution in [3.8, 4) is 5.75 Å². The summed E-state index contributed by atoms with van der Waals surface area (Å²) >= 11 is 0. The summed E-state index contributed by atoms with van der Waals surface area (Å²) in [5.41, 5.74) is 1.50. The number of hydrogen-bond acceptors (Lipinski definition) is 5. The quantitative estimate of drug-likeness (QED) is 0.854. The van der Waals surface area contributed by atoms with Gasteiger partial charge in [-0.15, -0.1) is 0 Å². The van der Waals surface area contributed by atoms with E-state index in [4.69, 9.17) is 4.74 Å². The number of benzene rings is 1. The van der Waals surface area contributed by atoms with Gasteiger partial charge in [0, 0.05) is 57.6 Å². The van der Waals surface area contributed by atoms with Crippen LogP contribution in [0.4, 0.5) is 5.69 Å². The Morgan fingerprint density at radius 2 is 1.86 bits per heavy atom. The summed E-state index contributed by atoms with van der Waals surface area (Å²) in [6.45, 7) is 5.37. The number of likely N-dealkylation sites (tertiary alicyclic amines) is 1. The average molecular weight is 396 g/mol. The van der Waals surface area contributed by atoms with E-state index in [2.05, 4.69) is 20.9 Å². The molecule has 7 nitrogen and oxygen atoms in total. The average Bonchev–Trinajstić information content (AvgIpc) is 2.79. The van der Waals surface area contributed by atoms with Crippen LogP contribution >= 0.6 is 0 Å². The number of pyridine rings is 1. The van der Waals surface area contributed by atoms with Crippen LogP contribution in [-0.2, 0) is 0 Å². The smallest absolute Gasteiger partial charge is 0.255 e. The first-order valence-electron chi connectivity index (χ1n) is 10.3. The van der Waals surface area contributed by atoms with Gasteiger partial charge in [0.15, 0.2) is 0 Å². The Bertz CT molecular complexity index is 884. The van der Waals surface area contributed by atoms with Crippen molar-refractivity contribution in [2.45, 2.75) is 18.9 Å². The van der Waals surface area contributed by atoms with Crippen LogP contribution in [0.5, 0.6) is 5.75 Å². The van der Waals surface area contributed by atoms with Crippen LogP contribution in [0.25, 0.3) is 0 Å². The van der Waals surface area contributed by atoms with Gasteiger partial charge in [0.2, 0.25) is 5.56 Å². The zero-order valence-corrected chi connectivity index (χ0v) is 16.8. The molecule has 0 radical (unpaired) electrons. The molecule has 0 saturated carbocycles. The summed E-state index contributed by atoms with van der Waals surface area (Å²) in [6, 6.07) is 11.6. The number of piperidine rings is 1. The maximum absolute atomic E-state index is 12.8. The van der Waals surface area contributed by atoms with Crippen molar-refractivity contribution in [2.24, 2.45) is 0 Å². The number of nitrogens with one attached hydrogen (secondary N) is 1. The van der Waals surface area contributed by atoms with Crippen LogP contribution in [0.15, 0.2) is 47.4 Å². The number of H-pyrrole nitrogens is 1. The molecule has 2 saturated heterocycles. The highest BCUT2D eigenvalue weighted by atomic mass is 16.5. The Balaban J connectivity index is 1.36. The van der Waals surface area contributed by atoms with Crippen LogP contribution in [-0.4, -0.2) is 73.1 Å². The third-order valence-electron chi connectivity index (χ3n) is 5.97. The molecule has 1 atom stereocenters. The van der Waals surface area contributed by atoms with Gasteiger partial charge in [0.05, 0.1) is 18.4 Å². The number of aromatic amines is 1. The molecule has 0 bridgehead atoms. The van der Waals surface area contributed by atoms with E-state index in [-0.39, 0.29) is 11.5 Å². The SMILES string of the molecule is COc1ccccc1N1CCN([C@@H]2CCCN(C(=O)c3ccc(=O)[nH]c3)C2)CC1. The van der Waals surface area contributed by atoms with Crippen molar-refractivity contribution in [3.63, 3.8) is 0 Å². The summed E-state index contributed by atoms with van der Waals surface area (Å²) in [7, 11) is 1.71. The standard InChI is InChI=1S/C22H28N4O3/c1-29-20-7-3-2-6-19(20)25-13-11-24(12-14-25)18-5-4-10-26(16-18)22(28)17-8-9-21(27)23-15-17/h2-3,6-9,15,18H,4-5,10-14,16H2,1H3,(H,23,27)/t18-/m1/s1. The molecule has 4 rings (SSSR count). The summed E-state index contributed by atoms with van der Waals surface area (Å²) in [4.78, 5) is 33.5. The minimum absolute atomic E-state index is 0.00129. The second-order valence-electron chi connectivity index (χ2n) is 7.68. The van der Waals surface area contributed by atoms with Gasteiger partial charge < -0.3 is 19.5 Å². The maximum atomic E-state index is 12.8. The number of carbonyl (C=O) groups excluding carboxylic acids is 1. The minimum atomic E-state index is -0.189. The van der Waals surface area contributed by atoms with Crippen LogP contribution < -0.4 is 15.2 Å². The molecule has 154 valence electrons. The van der Waals surface area contributed by atoms with Gasteiger partial charge in [0.1, 0.15) is 5.75 Å². The molecule has 7 heteroatoms. The van der Waals surface area contributed by atoms with Gasteiger partial charge in [-0.1, -0.05) is 12.1 Å². The molecule has 2 aliphatic heterocycles. The fourth-order valence-electron chi connectivity index (χ4n) is 4.38. The summed E-state index contributed by atoms with van der Waals surface area (Å²) in [6.07, 6.45) is 3.64. The highest BCUT2D eigenvalue weighted by Gasteiger charge is 2.30. The van der Waals surface area contributed by atoms with Crippen molar-refractivity contribution in [1.29, 1.82) is 0 Å². The number of methoxy groups -OCH3 is 1. The van der Waals surface area contributed by atoms with Gasteiger partial charge in [-0.3, -0.25) is 14.5 Å². The number of aromatic nitrogens is 1. The van der Waals surface area contributed by atoms with E-state index < -0.39 is 0 Å². The lowest BCUT2D eigenvalue weighted by molar-refractivity contribution is 0.0563. The molecule has 2 fully saturated rings. The predicted molar refractivity (Wildman–Crippen MR) is 113 cm³/mol. The van der Waals surface area contributed by atoms with Crippen LogP contribution in [0.2, 0.25) is 0 Å². The minimum Gasteiger partial charge on any atom is -0.495 e. The lowest BCUT2D eigenvalue weighted by atomic mass is 10.0. The Labute approximate surface area is 170 Å². The number of rotatable bonds is 4. The zero-order valence-electron chi connectivity index (χ0n) is 16.8. The number of para-hydroxylation sites is 2. The van der Waals surface area contributed by atoms with Gasteiger partial charge in [-0.05, 0) is 31.0 Å². The van der Waals surface area contributed by atoms with Crippen LogP contribution in [0, 0.1) is 0 Å². The monoisotopic (exact) mass is 396 g/mol. The van der Waals surface area contributed by atoms with E-state index in [0.29, 0.717) is 11.6 Å². The molecule has 0 aliphatic carbocycles. The molecular formula is C22H28N4O3. The second kappa shape index (κ2) is 8.69. The fraction of sp³-hybridized carbons (Fsp3) is 0.455. The van der Waals surface area contributed by atoms with Crippen LogP contribution in [0.3, 0.4) is 0 Å². The van der Waals surface area contributed by atoms with Gasteiger partial charge in [0.25, 0.3) is 5.91 Å². The Hall–Kier alpha value is -2.80. The molecule has 0 spiro atoms. The van der Waals surface area contributed by atoms with Crippen molar-refractivity contribution in [1.82, 2.24) is 14.8 Å². The first-order chi connectivity index (χ1) is 14.2. The van der Waals surface area contributed by atoms with Gasteiger partial charge in [-0.2, -0.15) is 0 Å². The van der Waals surface area contributed by atoms with E-state index in [1.54, 1.807) is 13.2 Å². The topological polar surface area (TPSA) is 68.9 Å². The Kier molecular flexibility index (Phi) is 5.85. The van der Waals surface area contributed by atoms with E-state index in [0.717, 1.165) is 63.5 Å². The number of nitrogens with zero attached hydrogens (tertiary/aromatic N) is 3. The van der Waals surface area contributed by atoms with Crippen LogP contribution in [0.1, 0.15) is 23.2 Å². The molecule has 1 aromatic carbocycles. The molecule has 2 aliphatic rings. The predicted octanol–water partition coefficient (Wildman–Crippen LogP) is 1.81. The summed E-state index contributed by atoms with van der Waals surface area (Å²) < 4.78 is 5.51. The second-order valence-corrected chi connectivity index (χ2v) is 7.68. The summed E-state index contributed by atoms with van der Waals surface area (Å²) in [5.74, 6) is 0.912. The molecule has 29 heavy (non-hydrogen) atoms. The molecule has 1 amide bonds. The highest BCUT2D eigenvalue weighted by Crippen LogP contribution is 2.29. The molecular weight excluding hydrogens is 368 g/mol. The number of amides is 1. The lowest BCUT2D eigenvalue weighted by Crippen LogP contribution is -2.56. The van der Waals surface area contributed by atoms with E-state index in [1.165, 1.54) is 12.3 Å². The molecule has 2 aromatic rings. The van der Waals surface area contributed by atoms with Crippen molar-refractivity contribution in [3.05, 3.63) is 58.5 Å². The van der Waals surface area contributed by atoms with E-state index >= 15 is 0 Å². The molecule has 3 heterocycles. The maximum Gasteiger partial charge on any atom is 0.255 e. The number of ether oxygens (including phenoxy) is 1. The van der Waals surface area contributed by atoms with E-state index in [9.17, 15) is 9.59 Å². The third-order valence-corrected chi connectivity index (χ3v) is 5.97. The number of piperazine rings is 1.